The van der Waals surface area contributed by atoms with Crippen molar-refractivity contribution in [2.75, 3.05) is 13.2 Å². The molecule has 24 heavy (non-hydrogen) atoms. The number of unbranched alkanes of at least 4 members (excludes halogenated alkanes) is 4. The molecule has 0 fully saturated rings. The van der Waals surface area contributed by atoms with Crippen molar-refractivity contribution in [3.8, 4) is 6.07 Å². The lowest BCUT2D eigenvalue weighted by Gasteiger charge is -2.31. The first kappa shape index (κ1) is 22.4. The van der Waals surface area contributed by atoms with Gasteiger partial charge in [0, 0.05) is 0 Å². The molecule has 5 heteroatoms. The van der Waals surface area contributed by atoms with E-state index in [4.69, 9.17) is 9.47 Å². The summed E-state index contributed by atoms with van der Waals surface area (Å²) in [6.07, 6.45) is 6.28. The molecule has 0 aliphatic heterocycles. The number of carbonyl (C=O) groups excluding carboxylic acids is 2. The van der Waals surface area contributed by atoms with E-state index in [9.17, 15) is 14.9 Å². The molecule has 0 aliphatic rings. The molecule has 0 rings (SSSR count). The van der Waals surface area contributed by atoms with Gasteiger partial charge in [-0.15, -0.1) is 0 Å². The second kappa shape index (κ2) is 12.8. The Morgan fingerprint density at radius 2 is 1.58 bits per heavy atom. The van der Waals surface area contributed by atoms with E-state index in [1.807, 2.05) is 6.92 Å². The molecule has 0 N–H and O–H groups in total. The van der Waals surface area contributed by atoms with Crippen LogP contribution >= 0.6 is 0 Å². The molecule has 0 saturated heterocycles. The van der Waals surface area contributed by atoms with Crippen LogP contribution in [0.15, 0.2) is 0 Å². The number of nitrogens with zero attached hydrogens (tertiary/aromatic N) is 1. The molecule has 5 nitrogen and oxygen atoms in total. The smallest absolute Gasteiger partial charge is 0.327 e. The van der Waals surface area contributed by atoms with Crippen molar-refractivity contribution in [1.29, 1.82) is 5.26 Å². The van der Waals surface area contributed by atoms with E-state index in [-0.39, 0.29) is 13.2 Å². The van der Waals surface area contributed by atoms with Gasteiger partial charge in [-0.25, -0.2) is 0 Å². The minimum atomic E-state index is -1.44. The fourth-order valence-electron chi connectivity index (χ4n) is 2.90. The van der Waals surface area contributed by atoms with E-state index in [1.54, 1.807) is 13.8 Å². The van der Waals surface area contributed by atoms with Gasteiger partial charge in [0.05, 0.1) is 25.2 Å². The van der Waals surface area contributed by atoms with Crippen LogP contribution in [0.3, 0.4) is 0 Å². The largest absolute Gasteiger partial charge is 0.466 e. The summed E-state index contributed by atoms with van der Waals surface area (Å²) in [7, 11) is 0. The number of ether oxygens (including phenoxy) is 2. The average molecular weight is 339 g/mol. The Balaban J connectivity index is 5.53. The maximum Gasteiger partial charge on any atom is 0.327 e. The minimum absolute atomic E-state index is 0.194. The summed E-state index contributed by atoms with van der Waals surface area (Å²) in [5, 5.41) is 9.83. The van der Waals surface area contributed by atoms with Crippen molar-refractivity contribution in [1.82, 2.24) is 0 Å². The van der Waals surface area contributed by atoms with Gasteiger partial charge in [0.1, 0.15) is 0 Å². The Morgan fingerprint density at radius 3 is 2.08 bits per heavy atom. The third-order valence-electron chi connectivity index (χ3n) is 4.28. The molecule has 0 saturated carbocycles. The maximum absolute atomic E-state index is 12.6. The molecule has 138 valence electrons. The molecule has 0 heterocycles. The monoisotopic (exact) mass is 339 g/mol. The average Bonchev–Trinajstić information content (AvgIpc) is 2.57. The van der Waals surface area contributed by atoms with Crippen molar-refractivity contribution in [2.45, 2.75) is 79.1 Å². The number of esters is 2. The Kier molecular flexibility index (Phi) is 12.0. The van der Waals surface area contributed by atoms with Gasteiger partial charge < -0.3 is 9.47 Å². The van der Waals surface area contributed by atoms with Crippen molar-refractivity contribution in [3.63, 3.8) is 0 Å². The van der Waals surface area contributed by atoms with Crippen molar-refractivity contribution < 1.29 is 19.1 Å². The summed E-state index contributed by atoms with van der Waals surface area (Å²) >= 11 is 0. The number of hydrogen-bond acceptors (Lipinski definition) is 5. The maximum atomic E-state index is 12.6. The number of carbonyl (C=O) groups is 2. The number of rotatable bonds is 13. The standard InChI is InChI=1S/C19H33NO4/c1-5-9-11-12-13-16(17(21)23-7-3)19(15-20,14-10-6-2)18(22)24-8-4/h16H,5-14H2,1-4H3. The predicted octanol–water partition coefficient (Wildman–Crippen LogP) is 4.40. The first-order chi connectivity index (χ1) is 11.5. The van der Waals surface area contributed by atoms with Gasteiger partial charge in [-0.05, 0) is 26.7 Å². The molecule has 0 amide bonds. The molecular weight excluding hydrogens is 306 g/mol. The second-order valence-electron chi connectivity index (χ2n) is 6.06. The number of nitriles is 1. The quantitative estimate of drug-likeness (QED) is 0.367. The van der Waals surface area contributed by atoms with E-state index >= 15 is 0 Å². The first-order valence-electron chi connectivity index (χ1n) is 9.29. The topological polar surface area (TPSA) is 76.4 Å². The van der Waals surface area contributed by atoms with Gasteiger partial charge in [0.25, 0.3) is 0 Å². The predicted molar refractivity (Wildman–Crippen MR) is 93.1 cm³/mol. The summed E-state index contributed by atoms with van der Waals surface area (Å²) in [5.41, 5.74) is -1.44. The van der Waals surface area contributed by atoms with Crippen molar-refractivity contribution >= 4 is 11.9 Å². The lowest BCUT2D eigenvalue weighted by molar-refractivity contribution is -0.166. The van der Waals surface area contributed by atoms with E-state index in [0.717, 1.165) is 32.1 Å². The van der Waals surface area contributed by atoms with Crippen molar-refractivity contribution in [2.24, 2.45) is 11.3 Å². The molecule has 2 unspecified atom stereocenters. The highest BCUT2D eigenvalue weighted by molar-refractivity contribution is 5.88. The lowest BCUT2D eigenvalue weighted by atomic mass is 9.70. The molecule has 0 aromatic heterocycles. The van der Waals surface area contributed by atoms with E-state index < -0.39 is 23.3 Å². The van der Waals surface area contributed by atoms with E-state index in [0.29, 0.717) is 19.3 Å². The first-order valence-corrected chi connectivity index (χ1v) is 9.29. The molecule has 2 atom stereocenters. The van der Waals surface area contributed by atoms with Gasteiger partial charge in [-0.3, -0.25) is 9.59 Å². The summed E-state index contributed by atoms with van der Waals surface area (Å²) in [6, 6.07) is 2.14. The highest BCUT2D eigenvalue weighted by Gasteiger charge is 2.51. The van der Waals surface area contributed by atoms with Crippen molar-refractivity contribution in [3.05, 3.63) is 0 Å². The highest BCUT2D eigenvalue weighted by Crippen LogP contribution is 2.39. The highest BCUT2D eigenvalue weighted by atomic mass is 16.5. The van der Waals surface area contributed by atoms with Crippen LogP contribution in [0.1, 0.15) is 79.1 Å². The van der Waals surface area contributed by atoms with Gasteiger partial charge in [0.15, 0.2) is 5.41 Å². The SMILES string of the molecule is CCCCCCC(C(=O)OCC)C(C#N)(CCCC)C(=O)OCC. The molecule has 0 spiro atoms. The fraction of sp³-hybridized carbons (Fsp3) is 0.842. The van der Waals surface area contributed by atoms with Crippen LogP contribution in [0.5, 0.6) is 0 Å². The van der Waals surface area contributed by atoms with E-state index in [2.05, 4.69) is 13.0 Å². The zero-order chi connectivity index (χ0) is 18.4. The van der Waals surface area contributed by atoms with Crippen LogP contribution in [0.4, 0.5) is 0 Å². The zero-order valence-corrected chi connectivity index (χ0v) is 15.7. The third-order valence-corrected chi connectivity index (χ3v) is 4.28. The summed E-state index contributed by atoms with van der Waals surface area (Å²) in [5.74, 6) is -1.81. The Bertz CT molecular complexity index is 416. The fourth-order valence-corrected chi connectivity index (χ4v) is 2.90. The molecular formula is C19H33NO4. The van der Waals surface area contributed by atoms with Crippen LogP contribution in [-0.4, -0.2) is 25.2 Å². The van der Waals surface area contributed by atoms with Gasteiger partial charge >= 0.3 is 11.9 Å². The molecule has 0 aliphatic carbocycles. The van der Waals surface area contributed by atoms with Crippen LogP contribution in [0, 0.1) is 22.7 Å². The number of hydrogen-bond donors (Lipinski definition) is 0. The summed E-state index contributed by atoms with van der Waals surface area (Å²) in [4.78, 5) is 25.1. The van der Waals surface area contributed by atoms with Gasteiger partial charge in [-0.1, -0.05) is 52.4 Å². The van der Waals surface area contributed by atoms with E-state index in [1.165, 1.54) is 0 Å². The molecule has 0 radical (unpaired) electrons. The molecule has 0 aromatic carbocycles. The van der Waals surface area contributed by atoms with Gasteiger partial charge in [-0.2, -0.15) is 5.26 Å². The zero-order valence-electron chi connectivity index (χ0n) is 15.7. The molecule has 0 aromatic rings. The van der Waals surface area contributed by atoms with Crippen LogP contribution in [0.2, 0.25) is 0 Å². The van der Waals surface area contributed by atoms with Crippen LogP contribution in [0.25, 0.3) is 0 Å². The minimum Gasteiger partial charge on any atom is -0.466 e. The Hall–Kier alpha value is -1.57. The second-order valence-corrected chi connectivity index (χ2v) is 6.06. The summed E-state index contributed by atoms with van der Waals surface area (Å²) < 4.78 is 10.3. The van der Waals surface area contributed by atoms with Crippen LogP contribution < -0.4 is 0 Å². The van der Waals surface area contributed by atoms with Crippen LogP contribution in [-0.2, 0) is 19.1 Å². The summed E-state index contributed by atoms with van der Waals surface area (Å²) in [6.45, 7) is 7.98. The van der Waals surface area contributed by atoms with Gasteiger partial charge in [0.2, 0.25) is 0 Å². The lowest BCUT2D eigenvalue weighted by Crippen LogP contribution is -2.43. The Morgan fingerprint density at radius 1 is 0.958 bits per heavy atom. The third kappa shape index (κ3) is 6.51. The Labute approximate surface area is 146 Å². The molecule has 0 bridgehead atoms. The normalized spacial score (nSPS) is 14.3.